The second-order valence-electron chi connectivity index (χ2n) is 4.89. The standard InChI is InChI=1S/C14H20N2O5S/c1-20-13(18)12-11(4-8-22-12)15-14(19)16-5-2-3-10(9-16)21-7-6-17/h4,8,10,17H,2-3,5-7,9H2,1H3,(H,15,19). The molecular formula is C14H20N2O5S. The van der Waals surface area contributed by atoms with E-state index in [1.54, 1.807) is 16.3 Å². The molecule has 7 nitrogen and oxygen atoms in total. The van der Waals surface area contributed by atoms with Crippen LogP contribution in [0.5, 0.6) is 0 Å². The Morgan fingerprint density at radius 1 is 1.55 bits per heavy atom. The Balaban J connectivity index is 1.94. The number of amides is 2. The van der Waals surface area contributed by atoms with Crippen LogP contribution in [-0.4, -0.2) is 61.5 Å². The van der Waals surface area contributed by atoms with Gasteiger partial charge in [0.05, 0.1) is 32.1 Å². The predicted octanol–water partition coefficient (Wildman–Crippen LogP) is 1.54. The molecule has 22 heavy (non-hydrogen) atoms. The highest BCUT2D eigenvalue weighted by Gasteiger charge is 2.25. The molecule has 2 rings (SSSR count). The van der Waals surface area contributed by atoms with Crippen LogP contribution in [0.4, 0.5) is 10.5 Å². The molecule has 2 heterocycles. The van der Waals surface area contributed by atoms with E-state index in [4.69, 9.17) is 9.84 Å². The lowest BCUT2D eigenvalue weighted by atomic mass is 10.1. The van der Waals surface area contributed by atoms with Gasteiger partial charge >= 0.3 is 12.0 Å². The minimum atomic E-state index is -0.465. The fourth-order valence-corrected chi connectivity index (χ4v) is 3.10. The van der Waals surface area contributed by atoms with E-state index in [-0.39, 0.29) is 25.3 Å². The molecule has 0 bridgehead atoms. The number of likely N-dealkylation sites (tertiary alicyclic amines) is 1. The van der Waals surface area contributed by atoms with E-state index in [2.05, 4.69) is 10.1 Å². The van der Waals surface area contributed by atoms with Gasteiger partial charge in [-0.05, 0) is 24.3 Å². The van der Waals surface area contributed by atoms with Crippen molar-refractivity contribution in [1.29, 1.82) is 0 Å². The number of thiophene rings is 1. The lowest BCUT2D eigenvalue weighted by Crippen LogP contribution is -2.45. The topological polar surface area (TPSA) is 88.1 Å². The zero-order valence-electron chi connectivity index (χ0n) is 12.4. The Bertz CT molecular complexity index is 519. The number of nitrogens with one attached hydrogen (secondary N) is 1. The van der Waals surface area contributed by atoms with E-state index in [1.807, 2.05) is 0 Å². The molecule has 2 N–H and O–H groups in total. The summed E-state index contributed by atoms with van der Waals surface area (Å²) in [5.74, 6) is -0.465. The molecule has 0 spiro atoms. The summed E-state index contributed by atoms with van der Waals surface area (Å²) in [6.07, 6.45) is 1.65. The lowest BCUT2D eigenvalue weighted by molar-refractivity contribution is -0.00462. The van der Waals surface area contributed by atoms with E-state index >= 15 is 0 Å². The highest BCUT2D eigenvalue weighted by atomic mass is 32.1. The minimum Gasteiger partial charge on any atom is -0.465 e. The quantitative estimate of drug-likeness (QED) is 0.801. The zero-order valence-corrected chi connectivity index (χ0v) is 13.2. The molecule has 1 aliphatic heterocycles. The normalized spacial score (nSPS) is 18.1. The highest BCUT2D eigenvalue weighted by molar-refractivity contribution is 7.12. The molecule has 0 radical (unpaired) electrons. The maximum Gasteiger partial charge on any atom is 0.350 e. The van der Waals surface area contributed by atoms with Crippen molar-refractivity contribution < 1.29 is 24.2 Å². The first-order chi connectivity index (χ1) is 10.7. The summed E-state index contributed by atoms with van der Waals surface area (Å²) in [5.41, 5.74) is 0.459. The Hall–Kier alpha value is -1.64. The number of hydrogen-bond donors (Lipinski definition) is 2. The summed E-state index contributed by atoms with van der Waals surface area (Å²) < 4.78 is 10.2. The molecular weight excluding hydrogens is 308 g/mol. The fourth-order valence-electron chi connectivity index (χ4n) is 2.33. The lowest BCUT2D eigenvalue weighted by Gasteiger charge is -2.32. The summed E-state index contributed by atoms with van der Waals surface area (Å²) in [7, 11) is 1.31. The van der Waals surface area contributed by atoms with Gasteiger partial charge in [0.15, 0.2) is 0 Å². The molecule has 0 saturated carbocycles. The molecule has 0 aliphatic carbocycles. The van der Waals surface area contributed by atoms with E-state index in [1.165, 1.54) is 18.4 Å². The van der Waals surface area contributed by atoms with Crippen molar-refractivity contribution in [1.82, 2.24) is 4.90 Å². The van der Waals surface area contributed by atoms with Crippen LogP contribution in [0, 0.1) is 0 Å². The number of esters is 1. The third-order valence-electron chi connectivity index (χ3n) is 3.39. The first-order valence-corrected chi connectivity index (χ1v) is 7.98. The average molecular weight is 328 g/mol. The van der Waals surface area contributed by atoms with Crippen molar-refractivity contribution >= 4 is 29.0 Å². The summed E-state index contributed by atoms with van der Waals surface area (Å²) in [6.45, 7) is 1.36. The molecule has 1 unspecified atom stereocenters. The van der Waals surface area contributed by atoms with E-state index in [0.29, 0.717) is 23.7 Å². The zero-order chi connectivity index (χ0) is 15.9. The number of piperidine rings is 1. The third kappa shape index (κ3) is 4.19. The van der Waals surface area contributed by atoms with Crippen molar-refractivity contribution in [3.05, 3.63) is 16.3 Å². The molecule has 1 aliphatic rings. The number of anilines is 1. The van der Waals surface area contributed by atoms with Gasteiger partial charge < -0.3 is 24.8 Å². The summed E-state index contributed by atoms with van der Waals surface area (Å²) in [5, 5.41) is 13.3. The largest absolute Gasteiger partial charge is 0.465 e. The highest BCUT2D eigenvalue weighted by Crippen LogP contribution is 2.24. The molecule has 122 valence electrons. The van der Waals surface area contributed by atoms with E-state index < -0.39 is 5.97 Å². The number of nitrogens with zero attached hydrogens (tertiary/aromatic N) is 1. The SMILES string of the molecule is COC(=O)c1sccc1NC(=O)N1CCCC(OCCO)C1. The second kappa shape index (κ2) is 8.11. The van der Waals surface area contributed by atoms with Crippen molar-refractivity contribution in [3.8, 4) is 0 Å². The van der Waals surface area contributed by atoms with Crippen molar-refractivity contribution in [3.63, 3.8) is 0 Å². The number of aliphatic hydroxyl groups is 1. The number of urea groups is 1. The molecule has 8 heteroatoms. The Morgan fingerprint density at radius 3 is 3.09 bits per heavy atom. The number of hydrogen-bond acceptors (Lipinski definition) is 6. The first kappa shape index (κ1) is 16.7. The second-order valence-corrected chi connectivity index (χ2v) is 5.81. The van der Waals surface area contributed by atoms with Gasteiger partial charge in [0, 0.05) is 13.1 Å². The first-order valence-electron chi connectivity index (χ1n) is 7.10. The molecule has 1 fully saturated rings. The monoisotopic (exact) mass is 328 g/mol. The predicted molar refractivity (Wildman–Crippen MR) is 82.3 cm³/mol. The van der Waals surface area contributed by atoms with Crippen molar-refractivity contribution in [2.75, 3.05) is 38.7 Å². The Morgan fingerprint density at radius 2 is 2.36 bits per heavy atom. The van der Waals surface area contributed by atoms with E-state index in [0.717, 1.165) is 12.8 Å². The summed E-state index contributed by atoms with van der Waals surface area (Å²) in [6, 6.07) is 1.42. The van der Waals surface area contributed by atoms with Gasteiger partial charge in [-0.1, -0.05) is 0 Å². The van der Waals surface area contributed by atoms with Crippen molar-refractivity contribution in [2.45, 2.75) is 18.9 Å². The molecule has 1 aromatic rings. The average Bonchev–Trinajstić information content (AvgIpc) is 3.00. The number of methoxy groups -OCH3 is 1. The summed E-state index contributed by atoms with van der Waals surface area (Å²) in [4.78, 5) is 25.9. The minimum absolute atomic E-state index is 0.0277. The maximum absolute atomic E-state index is 12.3. The number of aliphatic hydroxyl groups excluding tert-OH is 1. The summed E-state index contributed by atoms with van der Waals surface area (Å²) >= 11 is 1.22. The van der Waals surface area contributed by atoms with Crippen LogP contribution < -0.4 is 5.32 Å². The van der Waals surface area contributed by atoms with Gasteiger partial charge in [-0.15, -0.1) is 11.3 Å². The van der Waals surface area contributed by atoms with Crippen LogP contribution in [0.1, 0.15) is 22.5 Å². The molecule has 1 aromatic heterocycles. The maximum atomic E-state index is 12.3. The van der Waals surface area contributed by atoms with E-state index in [9.17, 15) is 9.59 Å². The smallest absolute Gasteiger partial charge is 0.350 e. The molecule has 1 saturated heterocycles. The van der Waals surface area contributed by atoms with Crippen LogP contribution in [0.2, 0.25) is 0 Å². The van der Waals surface area contributed by atoms with Gasteiger partial charge in [0.2, 0.25) is 0 Å². The van der Waals surface area contributed by atoms with Gasteiger partial charge in [-0.25, -0.2) is 9.59 Å². The number of carbonyl (C=O) groups is 2. The van der Waals surface area contributed by atoms with Gasteiger partial charge in [0.1, 0.15) is 4.88 Å². The Kier molecular flexibility index (Phi) is 6.17. The third-order valence-corrected chi connectivity index (χ3v) is 4.28. The van der Waals surface area contributed by atoms with Gasteiger partial charge in [0.25, 0.3) is 0 Å². The van der Waals surface area contributed by atoms with Crippen LogP contribution in [0.25, 0.3) is 0 Å². The van der Waals surface area contributed by atoms with Crippen LogP contribution >= 0.6 is 11.3 Å². The van der Waals surface area contributed by atoms with Crippen LogP contribution in [-0.2, 0) is 9.47 Å². The number of carbonyl (C=O) groups excluding carboxylic acids is 2. The number of rotatable bonds is 5. The molecule has 1 atom stereocenters. The molecule has 2 amide bonds. The van der Waals surface area contributed by atoms with Crippen LogP contribution in [0.15, 0.2) is 11.4 Å². The van der Waals surface area contributed by atoms with Crippen molar-refractivity contribution in [2.24, 2.45) is 0 Å². The molecule has 0 aromatic carbocycles. The van der Waals surface area contributed by atoms with Gasteiger partial charge in [-0.3, -0.25) is 0 Å². The Labute approximate surface area is 132 Å². The fraction of sp³-hybridized carbons (Fsp3) is 0.571. The van der Waals surface area contributed by atoms with Gasteiger partial charge in [-0.2, -0.15) is 0 Å². The van der Waals surface area contributed by atoms with Crippen LogP contribution in [0.3, 0.4) is 0 Å². The number of ether oxygens (including phenoxy) is 2.